The third-order valence-corrected chi connectivity index (χ3v) is 4.99. The van der Waals surface area contributed by atoms with Crippen LogP contribution in [0.2, 0.25) is 0 Å². The number of alkyl halides is 5. The SMILES string of the molecule is Cc1ccc(-c2ccc(C(F)(F)Oc3ccc(C)c(C(F)(F)F)c3)c(C)c2)c(C)c1. The molecule has 0 aliphatic rings. The van der Waals surface area contributed by atoms with E-state index >= 15 is 0 Å². The minimum Gasteiger partial charge on any atom is -0.429 e. The van der Waals surface area contributed by atoms with E-state index in [4.69, 9.17) is 4.74 Å². The molecule has 0 spiro atoms. The molecule has 3 rings (SSSR count). The Bertz CT molecular complexity index is 1080. The fraction of sp³-hybridized carbons (Fsp3) is 0.250. The van der Waals surface area contributed by atoms with E-state index in [-0.39, 0.29) is 11.1 Å². The standard InChI is InChI=1S/C24H21F5O/c1-14-5-9-20(16(3)11-14)18-7-10-21(17(4)12-18)24(28,29)30-19-8-6-15(2)22(13-19)23(25,26)27/h5-13H,1-4H3. The van der Waals surface area contributed by atoms with Gasteiger partial charge in [0.15, 0.2) is 0 Å². The second-order valence-corrected chi connectivity index (χ2v) is 7.44. The number of hydrogen-bond donors (Lipinski definition) is 0. The summed E-state index contributed by atoms with van der Waals surface area (Å²) in [6, 6.07) is 13.1. The molecule has 0 atom stereocenters. The molecule has 1 nitrogen and oxygen atoms in total. The van der Waals surface area contributed by atoms with Crippen molar-refractivity contribution in [2.24, 2.45) is 0 Å². The molecule has 0 aliphatic carbocycles. The van der Waals surface area contributed by atoms with Gasteiger partial charge in [0.1, 0.15) is 5.75 Å². The van der Waals surface area contributed by atoms with Crippen LogP contribution in [0.1, 0.15) is 33.4 Å². The van der Waals surface area contributed by atoms with Gasteiger partial charge in [-0.05, 0) is 73.7 Å². The number of ether oxygens (including phenoxy) is 1. The minimum atomic E-state index is -4.65. The van der Waals surface area contributed by atoms with Gasteiger partial charge in [-0.15, -0.1) is 0 Å². The van der Waals surface area contributed by atoms with Crippen molar-refractivity contribution in [3.63, 3.8) is 0 Å². The maximum Gasteiger partial charge on any atom is 0.426 e. The van der Waals surface area contributed by atoms with E-state index < -0.39 is 29.2 Å². The average molecular weight is 420 g/mol. The van der Waals surface area contributed by atoms with Gasteiger partial charge >= 0.3 is 12.3 Å². The van der Waals surface area contributed by atoms with Crippen molar-refractivity contribution < 1.29 is 26.7 Å². The molecule has 0 saturated carbocycles. The lowest BCUT2D eigenvalue weighted by Gasteiger charge is -2.22. The molecule has 0 aromatic heterocycles. The van der Waals surface area contributed by atoms with Crippen LogP contribution in [0.15, 0.2) is 54.6 Å². The van der Waals surface area contributed by atoms with Crippen LogP contribution < -0.4 is 4.74 Å². The first kappa shape index (κ1) is 21.8. The highest BCUT2D eigenvalue weighted by atomic mass is 19.4. The van der Waals surface area contributed by atoms with Gasteiger partial charge in [0.05, 0.1) is 11.1 Å². The third kappa shape index (κ3) is 4.48. The van der Waals surface area contributed by atoms with E-state index in [2.05, 4.69) is 0 Å². The Kier molecular flexibility index (Phi) is 5.63. The second-order valence-electron chi connectivity index (χ2n) is 7.44. The van der Waals surface area contributed by atoms with Crippen molar-refractivity contribution in [1.29, 1.82) is 0 Å². The smallest absolute Gasteiger partial charge is 0.426 e. The summed E-state index contributed by atoms with van der Waals surface area (Å²) in [4.78, 5) is 0. The molecule has 0 radical (unpaired) electrons. The first-order valence-corrected chi connectivity index (χ1v) is 9.32. The maximum atomic E-state index is 14.8. The Morgan fingerprint density at radius 2 is 1.33 bits per heavy atom. The van der Waals surface area contributed by atoms with Gasteiger partial charge in [0.2, 0.25) is 0 Å². The monoisotopic (exact) mass is 420 g/mol. The first-order valence-electron chi connectivity index (χ1n) is 9.32. The van der Waals surface area contributed by atoms with Gasteiger partial charge in [0.25, 0.3) is 0 Å². The van der Waals surface area contributed by atoms with Crippen molar-refractivity contribution in [2.75, 3.05) is 0 Å². The summed E-state index contributed by atoms with van der Waals surface area (Å²) >= 11 is 0. The zero-order chi connectivity index (χ0) is 22.3. The molecular formula is C24H21F5O. The van der Waals surface area contributed by atoms with Crippen molar-refractivity contribution in [3.05, 3.63) is 88.0 Å². The summed E-state index contributed by atoms with van der Waals surface area (Å²) in [6.07, 6.45) is -8.44. The van der Waals surface area contributed by atoms with E-state index in [0.29, 0.717) is 6.07 Å². The molecule has 0 N–H and O–H groups in total. The molecule has 0 amide bonds. The largest absolute Gasteiger partial charge is 0.429 e. The highest BCUT2D eigenvalue weighted by Gasteiger charge is 2.38. The summed E-state index contributed by atoms with van der Waals surface area (Å²) in [5, 5.41) is 0. The molecule has 30 heavy (non-hydrogen) atoms. The maximum absolute atomic E-state index is 14.8. The van der Waals surface area contributed by atoms with E-state index in [1.54, 1.807) is 12.1 Å². The normalized spacial score (nSPS) is 12.2. The fourth-order valence-electron chi connectivity index (χ4n) is 3.47. The number of halogens is 5. The molecule has 3 aromatic rings. The van der Waals surface area contributed by atoms with Crippen molar-refractivity contribution in [2.45, 2.75) is 40.0 Å². The van der Waals surface area contributed by atoms with Crippen LogP contribution in [0, 0.1) is 27.7 Å². The summed E-state index contributed by atoms with van der Waals surface area (Å²) in [5.74, 6) is -0.546. The number of hydrogen-bond acceptors (Lipinski definition) is 1. The predicted molar refractivity (Wildman–Crippen MR) is 107 cm³/mol. The lowest BCUT2D eigenvalue weighted by molar-refractivity contribution is -0.186. The number of benzene rings is 3. The fourth-order valence-corrected chi connectivity index (χ4v) is 3.47. The molecule has 0 saturated heterocycles. The lowest BCUT2D eigenvalue weighted by atomic mass is 9.95. The van der Waals surface area contributed by atoms with E-state index in [1.807, 2.05) is 32.0 Å². The summed E-state index contributed by atoms with van der Waals surface area (Å²) < 4.78 is 73.5. The van der Waals surface area contributed by atoms with E-state index in [0.717, 1.165) is 34.4 Å². The molecule has 3 aromatic carbocycles. The zero-order valence-electron chi connectivity index (χ0n) is 17.0. The zero-order valence-corrected chi connectivity index (χ0v) is 17.0. The highest BCUT2D eigenvalue weighted by molar-refractivity contribution is 5.69. The van der Waals surface area contributed by atoms with E-state index in [9.17, 15) is 22.0 Å². The predicted octanol–water partition coefficient (Wildman–Crippen LogP) is 7.73. The Labute approximate surface area is 172 Å². The van der Waals surface area contributed by atoms with Crippen LogP contribution in [-0.4, -0.2) is 0 Å². The summed E-state index contributed by atoms with van der Waals surface area (Å²) in [7, 11) is 0. The van der Waals surface area contributed by atoms with Crippen LogP contribution >= 0.6 is 0 Å². The Hall–Kier alpha value is -2.89. The van der Waals surface area contributed by atoms with Crippen LogP contribution in [0.3, 0.4) is 0 Å². The van der Waals surface area contributed by atoms with E-state index in [1.165, 1.54) is 19.9 Å². The summed E-state index contributed by atoms with van der Waals surface area (Å²) in [6.45, 7) is 6.70. The Balaban J connectivity index is 1.93. The van der Waals surface area contributed by atoms with Gasteiger partial charge in [-0.1, -0.05) is 42.0 Å². The van der Waals surface area contributed by atoms with Gasteiger partial charge in [0, 0.05) is 0 Å². The van der Waals surface area contributed by atoms with Crippen molar-refractivity contribution in [3.8, 4) is 16.9 Å². The lowest BCUT2D eigenvalue weighted by Crippen LogP contribution is -2.23. The van der Waals surface area contributed by atoms with Crippen LogP contribution in [0.4, 0.5) is 22.0 Å². The van der Waals surface area contributed by atoms with Gasteiger partial charge in [-0.2, -0.15) is 22.0 Å². The average Bonchev–Trinajstić information content (AvgIpc) is 2.62. The van der Waals surface area contributed by atoms with Gasteiger partial charge in [-0.25, -0.2) is 0 Å². The third-order valence-electron chi connectivity index (χ3n) is 4.99. The van der Waals surface area contributed by atoms with Crippen LogP contribution in [0.5, 0.6) is 5.75 Å². The van der Waals surface area contributed by atoms with Crippen molar-refractivity contribution in [1.82, 2.24) is 0 Å². The summed E-state index contributed by atoms with van der Waals surface area (Å²) in [5.41, 5.74) is 2.63. The number of rotatable bonds is 4. The van der Waals surface area contributed by atoms with Crippen LogP contribution in [0.25, 0.3) is 11.1 Å². The molecule has 0 unspecified atom stereocenters. The highest BCUT2D eigenvalue weighted by Crippen LogP contribution is 2.39. The van der Waals surface area contributed by atoms with Gasteiger partial charge < -0.3 is 4.74 Å². The number of aryl methyl sites for hydroxylation is 4. The van der Waals surface area contributed by atoms with Crippen molar-refractivity contribution >= 4 is 0 Å². The van der Waals surface area contributed by atoms with Crippen LogP contribution in [-0.2, 0) is 12.3 Å². The molecule has 0 aliphatic heterocycles. The molecular weight excluding hydrogens is 399 g/mol. The van der Waals surface area contributed by atoms with Gasteiger partial charge in [-0.3, -0.25) is 0 Å². The molecule has 158 valence electrons. The molecule has 6 heteroatoms. The molecule has 0 bridgehead atoms. The Morgan fingerprint density at radius 3 is 1.93 bits per heavy atom. The molecule has 0 fully saturated rings. The first-order chi connectivity index (χ1) is 13.9. The second kappa shape index (κ2) is 7.74. The quantitative estimate of drug-likeness (QED) is 0.392. The minimum absolute atomic E-state index is 0.0628. The topological polar surface area (TPSA) is 9.23 Å². The molecule has 0 heterocycles. The Morgan fingerprint density at radius 1 is 0.633 bits per heavy atom.